The Hall–Kier alpha value is -1.80. The summed E-state index contributed by atoms with van der Waals surface area (Å²) in [6.45, 7) is -0.000875. The van der Waals surface area contributed by atoms with Crippen molar-refractivity contribution >= 4 is 28.6 Å². The lowest BCUT2D eigenvalue weighted by Gasteiger charge is -2.04. The number of ether oxygens (including phenoxy) is 1. The fraction of sp³-hybridized carbons (Fsp3) is 0.111. The first-order valence-corrected chi connectivity index (χ1v) is 5.80. The van der Waals surface area contributed by atoms with Crippen molar-refractivity contribution in [2.45, 2.75) is 6.61 Å². The van der Waals surface area contributed by atoms with E-state index in [2.05, 4.69) is 10.2 Å². The maximum Gasteiger partial charge on any atom is 0.272 e. The van der Waals surface area contributed by atoms with Crippen LogP contribution in [0.3, 0.4) is 0 Å². The van der Waals surface area contributed by atoms with E-state index in [1.165, 1.54) is 6.07 Å². The second-order valence-electron chi connectivity index (χ2n) is 3.11. The fourth-order valence-corrected chi connectivity index (χ4v) is 1.93. The molecule has 1 heterocycles. The number of halogens is 2. The number of rotatable bonds is 4. The van der Waals surface area contributed by atoms with Gasteiger partial charge in [-0.2, -0.15) is 0 Å². The average Bonchev–Trinajstić information content (AvgIpc) is 2.73. The predicted octanol–water partition coefficient (Wildman–Crippen LogP) is 2.82. The lowest BCUT2D eigenvalue weighted by atomic mass is 10.3. The van der Waals surface area contributed by atoms with Crippen LogP contribution >= 0.6 is 22.9 Å². The van der Waals surface area contributed by atoms with Crippen molar-refractivity contribution in [2.75, 3.05) is 0 Å². The largest absolute Gasteiger partial charge is 0.483 e. The van der Waals surface area contributed by atoms with E-state index in [1.54, 1.807) is 0 Å². The van der Waals surface area contributed by atoms with Crippen molar-refractivity contribution in [3.63, 3.8) is 0 Å². The van der Waals surface area contributed by atoms with Crippen LogP contribution in [-0.4, -0.2) is 15.1 Å². The highest BCUT2D eigenvalue weighted by Crippen LogP contribution is 2.24. The van der Waals surface area contributed by atoms with Gasteiger partial charge in [0.15, 0.2) is 16.6 Å². The molecule has 0 bridgehead atoms. The molecule has 2 aromatic rings. The molecule has 6 nitrogen and oxygen atoms in total. The number of nitro benzene ring substituents is 1. The van der Waals surface area contributed by atoms with Gasteiger partial charge in [-0.1, -0.05) is 11.3 Å². The van der Waals surface area contributed by atoms with Crippen LogP contribution < -0.4 is 4.74 Å². The van der Waals surface area contributed by atoms with Gasteiger partial charge in [0.1, 0.15) is 6.61 Å². The lowest BCUT2D eigenvalue weighted by molar-refractivity contribution is -0.385. The number of hydrogen-bond acceptors (Lipinski definition) is 6. The summed E-state index contributed by atoms with van der Waals surface area (Å²) in [4.78, 5) is 9.73. The zero-order chi connectivity index (χ0) is 13.1. The molecule has 1 aromatic carbocycles. The summed E-state index contributed by atoms with van der Waals surface area (Å²) in [5, 5.41) is 18.1. The first kappa shape index (κ1) is 12.7. The van der Waals surface area contributed by atoms with E-state index in [-0.39, 0.29) is 22.5 Å². The minimum absolute atomic E-state index is 0.000875. The van der Waals surface area contributed by atoms with Crippen LogP contribution in [0.15, 0.2) is 18.2 Å². The maximum atomic E-state index is 13.4. The van der Waals surface area contributed by atoms with Gasteiger partial charge in [-0.3, -0.25) is 10.1 Å². The molecule has 0 aliphatic carbocycles. The zero-order valence-electron chi connectivity index (χ0n) is 8.67. The topological polar surface area (TPSA) is 78.2 Å². The second kappa shape index (κ2) is 5.23. The summed E-state index contributed by atoms with van der Waals surface area (Å²) in [5.74, 6) is -0.897. The van der Waals surface area contributed by atoms with Crippen molar-refractivity contribution in [3.05, 3.63) is 43.6 Å². The fourth-order valence-electron chi connectivity index (χ4n) is 1.15. The standard InChI is InChI=1S/C9H5ClFN3O3S/c10-9-13-12-8(18-9)4-17-7-2-1-5(14(15)16)3-6(7)11/h1-3H,4H2. The predicted molar refractivity (Wildman–Crippen MR) is 62.3 cm³/mol. The molecule has 0 amide bonds. The molecule has 0 atom stereocenters. The third-order valence-corrected chi connectivity index (χ3v) is 2.91. The first-order chi connectivity index (χ1) is 8.56. The van der Waals surface area contributed by atoms with Crippen molar-refractivity contribution in [2.24, 2.45) is 0 Å². The first-order valence-electron chi connectivity index (χ1n) is 4.61. The Bertz CT molecular complexity index is 592. The van der Waals surface area contributed by atoms with Gasteiger partial charge in [-0.25, -0.2) is 4.39 Å². The van der Waals surface area contributed by atoms with Gasteiger partial charge < -0.3 is 4.74 Å². The van der Waals surface area contributed by atoms with Crippen LogP contribution in [0, 0.1) is 15.9 Å². The minimum atomic E-state index is -0.806. The maximum absolute atomic E-state index is 13.4. The molecule has 0 spiro atoms. The molecule has 0 aliphatic rings. The van der Waals surface area contributed by atoms with E-state index in [0.29, 0.717) is 5.01 Å². The van der Waals surface area contributed by atoms with Crippen LogP contribution in [0.25, 0.3) is 0 Å². The van der Waals surface area contributed by atoms with Gasteiger partial charge in [0.25, 0.3) is 5.69 Å². The van der Waals surface area contributed by atoms with Crippen LogP contribution in [0.1, 0.15) is 5.01 Å². The second-order valence-corrected chi connectivity index (χ2v) is 4.75. The molecule has 0 fully saturated rings. The van der Waals surface area contributed by atoms with Crippen molar-refractivity contribution in [3.8, 4) is 5.75 Å². The third-order valence-electron chi connectivity index (χ3n) is 1.92. The number of hydrogen-bond donors (Lipinski definition) is 0. The van der Waals surface area contributed by atoms with E-state index in [0.717, 1.165) is 23.5 Å². The Labute approximate surface area is 109 Å². The molecule has 18 heavy (non-hydrogen) atoms. The lowest BCUT2D eigenvalue weighted by Crippen LogP contribution is -1.98. The normalized spacial score (nSPS) is 10.3. The summed E-state index contributed by atoms with van der Waals surface area (Å²) in [6.07, 6.45) is 0. The molecule has 0 unspecified atom stereocenters. The van der Waals surface area contributed by atoms with Crippen LogP contribution in [-0.2, 0) is 6.61 Å². The van der Waals surface area contributed by atoms with E-state index in [4.69, 9.17) is 16.3 Å². The van der Waals surface area contributed by atoms with E-state index in [9.17, 15) is 14.5 Å². The Balaban J connectivity index is 2.08. The minimum Gasteiger partial charge on any atom is -0.483 e. The molecule has 0 N–H and O–H groups in total. The quantitative estimate of drug-likeness (QED) is 0.639. The Morgan fingerprint density at radius 3 is 2.83 bits per heavy atom. The smallest absolute Gasteiger partial charge is 0.272 e. The molecule has 9 heteroatoms. The van der Waals surface area contributed by atoms with E-state index in [1.807, 2.05) is 0 Å². The molecule has 0 saturated heterocycles. The van der Waals surface area contributed by atoms with Crippen LogP contribution in [0.5, 0.6) is 5.75 Å². The molecule has 1 aromatic heterocycles. The van der Waals surface area contributed by atoms with Crippen molar-refractivity contribution in [1.82, 2.24) is 10.2 Å². The zero-order valence-corrected chi connectivity index (χ0v) is 10.2. The molecule has 94 valence electrons. The highest BCUT2D eigenvalue weighted by atomic mass is 35.5. The average molecular weight is 290 g/mol. The molecular weight excluding hydrogens is 285 g/mol. The van der Waals surface area contributed by atoms with Gasteiger partial charge in [0, 0.05) is 6.07 Å². The molecule has 0 radical (unpaired) electrons. The van der Waals surface area contributed by atoms with Crippen LogP contribution in [0.4, 0.5) is 10.1 Å². The van der Waals surface area contributed by atoms with Gasteiger partial charge in [-0.15, -0.1) is 10.2 Å². The molecular formula is C9H5ClFN3O3S. The van der Waals surface area contributed by atoms with Crippen molar-refractivity contribution < 1.29 is 14.1 Å². The Kier molecular flexibility index (Phi) is 3.68. The molecule has 2 rings (SSSR count). The summed E-state index contributed by atoms with van der Waals surface area (Å²) in [5.41, 5.74) is -0.334. The summed E-state index contributed by atoms with van der Waals surface area (Å²) in [7, 11) is 0. The Morgan fingerprint density at radius 2 is 2.28 bits per heavy atom. The van der Waals surface area contributed by atoms with E-state index >= 15 is 0 Å². The van der Waals surface area contributed by atoms with E-state index < -0.39 is 10.7 Å². The summed E-state index contributed by atoms with van der Waals surface area (Å²) < 4.78 is 18.8. The number of nitro groups is 1. The highest BCUT2D eigenvalue weighted by Gasteiger charge is 2.12. The van der Waals surface area contributed by atoms with Gasteiger partial charge in [0.2, 0.25) is 4.47 Å². The monoisotopic (exact) mass is 289 g/mol. The van der Waals surface area contributed by atoms with Gasteiger partial charge in [0.05, 0.1) is 11.0 Å². The molecule has 0 aliphatic heterocycles. The summed E-state index contributed by atoms with van der Waals surface area (Å²) >= 11 is 6.68. The third kappa shape index (κ3) is 2.90. The summed E-state index contributed by atoms with van der Waals surface area (Å²) in [6, 6.07) is 3.14. The number of non-ortho nitro benzene ring substituents is 1. The van der Waals surface area contributed by atoms with Gasteiger partial charge >= 0.3 is 0 Å². The Morgan fingerprint density at radius 1 is 1.50 bits per heavy atom. The number of nitrogens with zero attached hydrogens (tertiary/aromatic N) is 3. The number of benzene rings is 1. The SMILES string of the molecule is O=[N+]([O-])c1ccc(OCc2nnc(Cl)s2)c(F)c1. The van der Waals surface area contributed by atoms with Gasteiger partial charge in [-0.05, 0) is 17.7 Å². The molecule has 0 saturated carbocycles. The highest BCUT2D eigenvalue weighted by molar-refractivity contribution is 7.15. The van der Waals surface area contributed by atoms with Crippen molar-refractivity contribution in [1.29, 1.82) is 0 Å². The number of aromatic nitrogens is 2. The van der Waals surface area contributed by atoms with Crippen LogP contribution in [0.2, 0.25) is 4.47 Å².